The maximum atomic E-state index is 4.93. The number of pyridine rings is 1. The second-order valence-electron chi connectivity index (χ2n) is 6.39. The van der Waals surface area contributed by atoms with Crippen molar-refractivity contribution >= 4 is 11.0 Å². The van der Waals surface area contributed by atoms with Crippen molar-refractivity contribution in [3.8, 4) is 11.3 Å². The Balaban J connectivity index is 1.93. The van der Waals surface area contributed by atoms with Gasteiger partial charge in [0.1, 0.15) is 0 Å². The lowest BCUT2D eigenvalue weighted by atomic mass is 10.1. The van der Waals surface area contributed by atoms with Gasteiger partial charge in [-0.1, -0.05) is 12.8 Å². The molecular formula is C17H21N5. The summed E-state index contributed by atoms with van der Waals surface area (Å²) in [5.41, 5.74) is 5.40. The molecule has 0 N–H and O–H groups in total. The van der Waals surface area contributed by atoms with Gasteiger partial charge in [0.15, 0.2) is 5.65 Å². The van der Waals surface area contributed by atoms with Gasteiger partial charge in [-0.05, 0) is 38.3 Å². The van der Waals surface area contributed by atoms with Crippen molar-refractivity contribution in [1.82, 2.24) is 24.5 Å². The number of hydrogen-bond donors (Lipinski definition) is 0. The van der Waals surface area contributed by atoms with E-state index in [1.54, 1.807) is 0 Å². The largest absolute Gasteiger partial charge is 0.275 e. The van der Waals surface area contributed by atoms with Crippen LogP contribution in [0.5, 0.6) is 0 Å². The van der Waals surface area contributed by atoms with Crippen LogP contribution in [0, 0.1) is 13.8 Å². The van der Waals surface area contributed by atoms with E-state index in [1.165, 1.54) is 36.6 Å². The van der Waals surface area contributed by atoms with Crippen LogP contribution in [0.1, 0.15) is 43.0 Å². The van der Waals surface area contributed by atoms with Gasteiger partial charge < -0.3 is 0 Å². The van der Waals surface area contributed by atoms with Crippen LogP contribution in [0.3, 0.4) is 0 Å². The SMILES string of the molecule is Cc1cc(-c2cnn(C)c2)nc2c1c(C)nn2C1CCCC1. The molecule has 0 atom stereocenters. The third-order valence-corrected chi connectivity index (χ3v) is 4.71. The molecule has 22 heavy (non-hydrogen) atoms. The van der Waals surface area contributed by atoms with Crippen molar-refractivity contribution in [2.75, 3.05) is 0 Å². The summed E-state index contributed by atoms with van der Waals surface area (Å²) in [7, 11) is 1.93. The molecule has 5 nitrogen and oxygen atoms in total. The zero-order valence-electron chi connectivity index (χ0n) is 13.4. The van der Waals surface area contributed by atoms with Gasteiger partial charge >= 0.3 is 0 Å². The quantitative estimate of drug-likeness (QED) is 0.726. The van der Waals surface area contributed by atoms with Crippen molar-refractivity contribution < 1.29 is 0 Å². The Hall–Kier alpha value is -2.17. The first-order valence-corrected chi connectivity index (χ1v) is 7.99. The van der Waals surface area contributed by atoms with Gasteiger partial charge in [0.05, 0.1) is 23.6 Å². The molecule has 0 aromatic carbocycles. The molecule has 0 bridgehead atoms. The number of rotatable bonds is 2. The van der Waals surface area contributed by atoms with E-state index in [0.29, 0.717) is 6.04 Å². The zero-order valence-corrected chi connectivity index (χ0v) is 13.4. The van der Waals surface area contributed by atoms with Gasteiger partial charge in [-0.3, -0.25) is 4.68 Å². The maximum Gasteiger partial charge on any atom is 0.159 e. The minimum atomic E-state index is 0.507. The summed E-state index contributed by atoms with van der Waals surface area (Å²) < 4.78 is 3.99. The Morgan fingerprint density at radius 3 is 2.64 bits per heavy atom. The van der Waals surface area contributed by atoms with E-state index in [4.69, 9.17) is 10.1 Å². The van der Waals surface area contributed by atoms with Crippen LogP contribution in [-0.4, -0.2) is 24.5 Å². The molecule has 3 aromatic rings. The molecule has 5 heteroatoms. The van der Waals surface area contributed by atoms with Crippen molar-refractivity contribution in [2.45, 2.75) is 45.6 Å². The molecule has 1 aliphatic carbocycles. The lowest BCUT2D eigenvalue weighted by Gasteiger charge is -2.11. The molecular weight excluding hydrogens is 274 g/mol. The molecule has 0 amide bonds. The average molecular weight is 295 g/mol. The molecule has 1 fully saturated rings. The molecule has 0 unspecified atom stereocenters. The summed E-state index contributed by atoms with van der Waals surface area (Å²) in [6, 6.07) is 2.65. The molecule has 0 spiro atoms. The number of nitrogens with zero attached hydrogens (tertiary/aromatic N) is 5. The first-order valence-electron chi connectivity index (χ1n) is 7.99. The van der Waals surface area contributed by atoms with Gasteiger partial charge in [0.25, 0.3) is 0 Å². The predicted octanol–water partition coefficient (Wildman–Crippen LogP) is 3.56. The van der Waals surface area contributed by atoms with Crippen molar-refractivity contribution in [3.63, 3.8) is 0 Å². The Labute approximate surface area is 130 Å². The van der Waals surface area contributed by atoms with Crippen LogP contribution in [0.4, 0.5) is 0 Å². The maximum absolute atomic E-state index is 4.93. The Morgan fingerprint density at radius 1 is 1.18 bits per heavy atom. The second-order valence-corrected chi connectivity index (χ2v) is 6.39. The molecule has 3 aromatic heterocycles. The first kappa shape index (κ1) is 13.5. The monoisotopic (exact) mass is 295 g/mol. The number of fused-ring (bicyclic) bond motifs is 1. The fourth-order valence-electron chi connectivity index (χ4n) is 3.63. The smallest absolute Gasteiger partial charge is 0.159 e. The van der Waals surface area contributed by atoms with E-state index in [0.717, 1.165) is 22.6 Å². The minimum Gasteiger partial charge on any atom is -0.275 e. The van der Waals surface area contributed by atoms with Crippen molar-refractivity contribution in [3.05, 3.63) is 29.7 Å². The van der Waals surface area contributed by atoms with Gasteiger partial charge in [-0.15, -0.1) is 0 Å². The molecule has 1 aliphatic rings. The number of aryl methyl sites for hydroxylation is 3. The highest BCUT2D eigenvalue weighted by atomic mass is 15.3. The third kappa shape index (κ3) is 2.03. The van der Waals surface area contributed by atoms with Gasteiger partial charge in [0.2, 0.25) is 0 Å². The van der Waals surface area contributed by atoms with Crippen LogP contribution in [0.15, 0.2) is 18.5 Å². The van der Waals surface area contributed by atoms with E-state index in [2.05, 4.69) is 29.7 Å². The van der Waals surface area contributed by atoms with Gasteiger partial charge in [-0.2, -0.15) is 10.2 Å². The fourth-order valence-corrected chi connectivity index (χ4v) is 3.63. The minimum absolute atomic E-state index is 0.507. The topological polar surface area (TPSA) is 48.5 Å². The summed E-state index contributed by atoms with van der Waals surface area (Å²) in [5, 5.41) is 10.3. The van der Waals surface area contributed by atoms with E-state index in [-0.39, 0.29) is 0 Å². The zero-order chi connectivity index (χ0) is 15.3. The number of aromatic nitrogens is 5. The molecule has 1 saturated carbocycles. The summed E-state index contributed by atoms with van der Waals surface area (Å²) >= 11 is 0. The summed E-state index contributed by atoms with van der Waals surface area (Å²) in [6.45, 7) is 4.24. The van der Waals surface area contributed by atoms with E-state index in [1.807, 2.05) is 24.1 Å². The highest BCUT2D eigenvalue weighted by Gasteiger charge is 2.22. The van der Waals surface area contributed by atoms with E-state index in [9.17, 15) is 0 Å². The van der Waals surface area contributed by atoms with E-state index < -0.39 is 0 Å². The summed E-state index contributed by atoms with van der Waals surface area (Å²) in [5.74, 6) is 0. The lowest BCUT2D eigenvalue weighted by molar-refractivity contribution is 0.476. The normalized spacial score (nSPS) is 16.0. The van der Waals surface area contributed by atoms with Crippen LogP contribution in [0.2, 0.25) is 0 Å². The molecule has 0 aliphatic heterocycles. The third-order valence-electron chi connectivity index (χ3n) is 4.71. The predicted molar refractivity (Wildman–Crippen MR) is 86.7 cm³/mol. The molecule has 4 rings (SSSR count). The standard InChI is InChI=1S/C17H21N5/c1-11-8-15(13-9-18-21(3)10-13)19-17-16(11)12(2)20-22(17)14-6-4-5-7-14/h8-10,14H,4-7H2,1-3H3. The van der Waals surface area contributed by atoms with Crippen molar-refractivity contribution in [2.24, 2.45) is 7.05 Å². The highest BCUT2D eigenvalue weighted by Crippen LogP contribution is 2.34. The van der Waals surface area contributed by atoms with Crippen molar-refractivity contribution in [1.29, 1.82) is 0 Å². The second kappa shape index (κ2) is 4.93. The van der Waals surface area contributed by atoms with Gasteiger partial charge in [0, 0.05) is 24.2 Å². The summed E-state index contributed by atoms with van der Waals surface area (Å²) in [6.07, 6.45) is 8.91. The fraction of sp³-hybridized carbons (Fsp3) is 0.471. The Morgan fingerprint density at radius 2 is 1.95 bits per heavy atom. The lowest BCUT2D eigenvalue weighted by Crippen LogP contribution is -2.07. The van der Waals surface area contributed by atoms with E-state index >= 15 is 0 Å². The highest BCUT2D eigenvalue weighted by molar-refractivity contribution is 5.84. The number of hydrogen-bond acceptors (Lipinski definition) is 3. The Kier molecular flexibility index (Phi) is 3.03. The average Bonchev–Trinajstić information content (AvgIpc) is 3.19. The van der Waals surface area contributed by atoms with Crippen LogP contribution >= 0.6 is 0 Å². The van der Waals surface area contributed by atoms with Crippen LogP contribution in [-0.2, 0) is 7.05 Å². The van der Waals surface area contributed by atoms with Crippen LogP contribution in [0.25, 0.3) is 22.3 Å². The Bertz CT molecular complexity index is 836. The molecule has 114 valence electrons. The summed E-state index contributed by atoms with van der Waals surface area (Å²) in [4.78, 5) is 4.93. The molecule has 0 radical (unpaired) electrons. The molecule has 0 saturated heterocycles. The van der Waals surface area contributed by atoms with Crippen LogP contribution < -0.4 is 0 Å². The molecule has 3 heterocycles. The van der Waals surface area contributed by atoms with Gasteiger partial charge in [-0.25, -0.2) is 9.67 Å². The first-order chi connectivity index (χ1) is 10.6.